The number of amides is 1. The molecule has 0 aliphatic carbocycles. The van der Waals surface area contributed by atoms with Crippen molar-refractivity contribution in [1.29, 1.82) is 0 Å². The summed E-state index contributed by atoms with van der Waals surface area (Å²) in [5.41, 5.74) is 15.6. The number of nitrogens with zero attached hydrogens (tertiary/aromatic N) is 3. The Balaban J connectivity index is 1.59. The van der Waals surface area contributed by atoms with Gasteiger partial charge in [-0.2, -0.15) is 9.97 Å². The molecule has 2 aromatic heterocycles. The first-order valence-corrected chi connectivity index (χ1v) is 12.4. The summed E-state index contributed by atoms with van der Waals surface area (Å²) in [6.45, 7) is 1.96. The van der Waals surface area contributed by atoms with Gasteiger partial charge < -0.3 is 26.3 Å². The lowest BCUT2D eigenvalue weighted by atomic mass is 9.94. The van der Waals surface area contributed by atoms with Crippen LogP contribution in [0.1, 0.15) is 39.9 Å². The summed E-state index contributed by atoms with van der Waals surface area (Å²) < 4.78 is 9.46. The lowest BCUT2D eigenvalue weighted by Gasteiger charge is -2.17. The second-order valence-corrected chi connectivity index (χ2v) is 9.06. The molecule has 202 valence electrons. The number of methoxy groups -OCH3 is 2. The van der Waals surface area contributed by atoms with Crippen LogP contribution >= 0.6 is 0 Å². The number of aromatic nitrogens is 3. The topological polar surface area (TPSA) is 172 Å². The SMILES string of the molecule is COC(=O)CC[C@H](NC(=O)c1ccc(CCc2cnc3nc(N)nc(N)c3c2C)c2ccccc12)C(=O)OC. The number of fused-ring (bicyclic) bond motifs is 2. The van der Waals surface area contributed by atoms with E-state index in [0.29, 0.717) is 35.3 Å². The third-order valence-corrected chi connectivity index (χ3v) is 6.71. The zero-order valence-electron chi connectivity index (χ0n) is 22.0. The van der Waals surface area contributed by atoms with Gasteiger partial charge in [0, 0.05) is 18.2 Å². The Hall–Kier alpha value is -4.80. The van der Waals surface area contributed by atoms with Gasteiger partial charge in [-0.3, -0.25) is 9.59 Å². The van der Waals surface area contributed by atoms with Crippen molar-refractivity contribution in [2.45, 2.75) is 38.6 Å². The van der Waals surface area contributed by atoms with Crippen molar-refractivity contribution in [3.05, 3.63) is 64.8 Å². The van der Waals surface area contributed by atoms with Gasteiger partial charge in [0.25, 0.3) is 5.91 Å². The van der Waals surface area contributed by atoms with Crippen LogP contribution in [0, 0.1) is 6.92 Å². The molecule has 1 amide bonds. The van der Waals surface area contributed by atoms with Gasteiger partial charge in [-0.15, -0.1) is 0 Å². The van der Waals surface area contributed by atoms with Crippen LogP contribution in [0.25, 0.3) is 21.8 Å². The molecule has 2 aromatic carbocycles. The first kappa shape index (κ1) is 27.2. The number of nitrogens with two attached hydrogens (primary N) is 2. The van der Waals surface area contributed by atoms with Crippen LogP contribution in [0.3, 0.4) is 0 Å². The average Bonchev–Trinajstić information content (AvgIpc) is 2.93. The van der Waals surface area contributed by atoms with Gasteiger partial charge >= 0.3 is 11.9 Å². The maximum absolute atomic E-state index is 13.2. The molecule has 4 aromatic rings. The molecule has 5 N–H and O–H groups in total. The highest BCUT2D eigenvalue weighted by atomic mass is 16.5. The van der Waals surface area contributed by atoms with Gasteiger partial charge in [0.2, 0.25) is 5.95 Å². The van der Waals surface area contributed by atoms with E-state index in [4.69, 9.17) is 16.2 Å². The maximum atomic E-state index is 13.2. The Labute approximate surface area is 224 Å². The number of carbonyl (C=O) groups excluding carboxylic acids is 3. The molecule has 1 atom stereocenters. The van der Waals surface area contributed by atoms with Crippen molar-refractivity contribution in [3.8, 4) is 0 Å². The monoisotopic (exact) mass is 530 g/mol. The Bertz CT molecular complexity index is 1570. The number of hydrogen-bond donors (Lipinski definition) is 3. The van der Waals surface area contributed by atoms with E-state index in [1.807, 2.05) is 37.3 Å². The fourth-order valence-electron chi connectivity index (χ4n) is 4.62. The largest absolute Gasteiger partial charge is 0.469 e. The van der Waals surface area contributed by atoms with E-state index < -0.39 is 23.9 Å². The fourth-order valence-corrected chi connectivity index (χ4v) is 4.62. The molecular weight excluding hydrogens is 500 g/mol. The number of ether oxygens (including phenoxy) is 2. The minimum Gasteiger partial charge on any atom is -0.469 e. The van der Waals surface area contributed by atoms with E-state index in [-0.39, 0.29) is 18.8 Å². The molecule has 11 heteroatoms. The molecule has 4 rings (SSSR count). The summed E-state index contributed by atoms with van der Waals surface area (Å²) in [5.74, 6) is -1.19. The molecule has 0 saturated heterocycles. The number of esters is 2. The highest BCUT2D eigenvalue weighted by Crippen LogP contribution is 2.27. The van der Waals surface area contributed by atoms with E-state index in [9.17, 15) is 14.4 Å². The van der Waals surface area contributed by atoms with Crippen LogP contribution in [0.15, 0.2) is 42.6 Å². The van der Waals surface area contributed by atoms with Crippen LogP contribution < -0.4 is 16.8 Å². The van der Waals surface area contributed by atoms with E-state index in [2.05, 4.69) is 25.0 Å². The predicted molar refractivity (Wildman–Crippen MR) is 147 cm³/mol. The molecule has 39 heavy (non-hydrogen) atoms. The van der Waals surface area contributed by atoms with Crippen LogP contribution in [-0.4, -0.2) is 53.1 Å². The molecule has 11 nitrogen and oxygen atoms in total. The molecule has 0 radical (unpaired) electrons. The molecule has 0 saturated carbocycles. The van der Waals surface area contributed by atoms with Crippen molar-refractivity contribution in [2.24, 2.45) is 0 Å². The quantitative estimate of drug-likeness (QED) is 0.273. The summed E-state index contributed by atoms with van der Waals surface area (Å²) in [5, 5.41) is 5.05. The molecule has 2 heterocycles. The number of nitrogens with one attached hydrogen (secondary N) is 1. The van der Waals surface area contributed by atoms with E-state index in [1.54, 1.807) is 12.3 Å². The zero-order valence-corrected chi connectivity index (χ0v) is 22.0. The molecule has 0 spiro atoms. The van der Waals surface area contributed by atoms with Crippen molar-refractivity contribution in [2.75, 3.05) is 25.7 Å². The number of nitrogen functional groups attached to an aromatic ring is 2. The Morgan fingerprint density at radius 2 is 1.67 bits per heavy atom. The number of carbonyl (C=O) groups is 3. The lowest BCUT2D eigenvalue weighted by Crippen LogP contribution is -2.42. The molecule has 0 aliphatic heterocycles. The van der Waals surface area contributed by atoms with Crippen molar-refractivity contribution in [1.82, 2.24) is 20.3 Å². The highest BCUT2D eigenvalue weighted by molar-refractivity contribution is 6.08. The van der Waals surface area contributed by atoms with E-state index in [0.717, 1.165) is 27.5 Å². The van der Waals surface area contributed by atoms with Gasteiger partial charge in [-0.25, -0.2) is 9.78 Å². The van der Waals surface area contributed by atoms with Gasteiger partial charge in [0.15, 0.2) is 5.65 Å². The summed E-state index contributed by atoms with van der Waals surface area (Å²) >= 11 is 0. The molecule has 0 fully saturated rings. The molecule has 0 unspecified atom stereocenters. The number of anilines is 2. The van der Waals surface area contributed by atoms with Crippen LogP contribution in [0.5, 0.6) is 0 Å². The van der Waals surface area contributed by atoms with Crippen molar-refractivity contribution >= 4 is 51.4 Å². The number of rotatable bonds is 9. The third-order valence-electron chi connectivity index (χ3n) is 6.71. The Kier molecular flexibility index (Phi) is 8.18. The standard InChI is InChI=1S/C28H30N6O5/c1-15-17(14-31-25-23(15)24(29)33-28(30)34-25)9-8-16-10-11-20(19-7-5-4-6-18(16)19)26(36)32-21(27(37)39-3)12-13-22(35)38-2/h4-7,10-11,14,21H,8-9,12-13H2,1-3H3,(H,32,36)(H4,29,30,31,33,34)/t21-/m0/s1. The smallest absolute Gasteiger partial charge is 0.328 e. The second kappa shape index (κ2) is 11.7. The summed E-state index contributed by atoms with van der Waals surface area (Å²) in [6.07, 6.45) is 3.14. The first-order chi connectivity index (χ1) is 18.7. The average molecular weight is 531 g/mol. The van der Waals surface area contributed by atoms with Gasteiger partial charge in [0.05, 0.1) is 19.6 Å². The minimum atomic E-state index is -0.991. The van der Waals surface area contributed by atoms with Gasteiger partial charge in [-0.1, -0.05) is 30.3 Å². The number of pyridine rings is 1. The Morgan fingerprint density at radius 3 is 2.38 bits per heavy atom. The van der Waals surface area contributed by atoms with E-state index >= 15 is 0 Å². The number of aryl methyl sites for hydroxylation is 3. The van der Waals surface area contributed by atoms with Crippen LogP contribution in [-0.2, 0) is 31.9 Å². The number of benzene rings is 2. The first-order valence-electron chi connectivity index (χ1n) is 12.4. The predicted octanol–water partition coefficient (Wildman–Crippen LogP) is 2.66. The molecular formula is C28H30N6O5. The molecule has 0 aliphatic rings. The highest BCUT2D eigenvalue weighted by Gasteiger charge is 2.24. The fraction of sp³-hybridized carbons (Fsp3) is 0.286. The summed E-state index contributed by atoms with van der Waals surface area (Å²) in [4.78, 5) is 49.7. The normalized spacial score (nSPS) is 11.8. The lowest BCUT2D eigenvalue weighted by molar-refractivity contribution is -0.144. The van der Waals surface area contributed by atoms with Crippen LogP contribution in [0.2, 0.25) is 0 Å². The van der Waals surface area contributed by atoms with Crippen molar-refractivity contribution in [3.63, 3.8) is 0 Å². The summed E-state index contributed by atoms with van der Waals surface area (Å²) in [7, 11) is 2.49. The molecule has 0 bridgehead atoms. The van der Waals surface area contributed by atoms with Crippen molar-refractivity contribution < 1.29 is 23.9 Å². The maximum Gasteiger partial charge on any atom is 0.328 e. The second-order valence-electron chi connectivity index (χ2n) is 9.06. The third kappa shape index (κ3) is 5.87. The zero-order chi connectivity index (χ0) is 28.1. The van der Waals surface area contributed by atoms with Crippen LogP contribution in [0.4, 0.5) is 11.8 Å². The summed E-state index contributed by atoms with van der Waals surface area (Å²) in [6, 6.07) is 10.2. The van der Waals surface area contributed by atoms with Gasteiger partial charge in [-0.05, 0) is 59.7 Å². The van der Waals surface area contributed by atoms with Gasteiger partial charge in [0.1, 0.15) is 11.9 Å². The minimum absolute atomic E-state index is 0.0373. The number of hydrogen-bond acceptors (Lipinski definition) is 10. The Morgan fingerprint density at radius 1 is 0.949 bits per heavy atom. The van der Waals surface area contributed by atoms with E-state index in [1.165, 1.54) is 14.2 Å².